The van der Waals surface area contributed by atoms with E-state index in [1.807, 2.05) is 0 Å². The smallest absolute Gasteiger partial charge is 0.119 e. The number of aromatic hydroxyl groups is 2. The van der Waals surface area contributed by atoms with Gasteiger partial charge in [-0.1, -0.05) is 12.8 Å². The molecule has 1 saturated heterocycles. The van der Waals surface area contributed by atoms with Crippen molar-refractivity contribution < 1.29 is 10.2 Å². The molecule has 1 aliphatic heterocycles. The molecule has 1 aromatic carbocycles. The molecule has 3 unspecified atom stereocenters. The van der Waals surface area contributed by atoms with E-state index >= 15 is 0 Å². The molecule has 2 aliphatic rings. The van der Waals surface area contributed by atoms with Crippen molar-refractivity contribution >= 4 is 0 Å². The average molecular weight is 275 g/mol. The summed E-state index contributed by atoms with van der Waals surface area (Å²) in [6.45, 7) is 3.34. The zero-order chi connectivity index (χ0) is 14.1. The zero-order valence-electron chi connectivity index (χ0n) is 12.3. The third kappa shape index (κ3) is 2.64. The Labute approximate surface area is 121 Å². The third-order valence-corrected chi connectivity index (χ3v) is 5.19. The maximum atomic E-state index is 9.70. The maximum absolute atomic E-state index is 9.70. The van der Waals surface area contributed by atoms with Crippen molar-refractivity contribution in [2.45, 2.75) is 57.5 Å². The van der Waals surface area contributed by atoms with Gasteiger partial charge < -0.3 is 10.2 Å². The van der Waals surface area contributed by atoms with E-state index in [9.17, 15) is 10.2 Å². The summed E-state index contributed by atoms with van der Waals surface area (Å²) in [7, 11) is 0. The van der Waals surface area contributed by atoms with E-state index in [0.717, 1.165) is 18.0 Å². The average Bonchev–Trinajstić information content (AvgIpc) is 2.45. The fraction of sp³-hybridized carbons (Fsp3) is 0.647. The molecule has 3 heteroatoms. The van der Waals surface area contributed by atoms with Crippen molar-refractivity contribution in [3.63, 3.8) is 0 Å². The van der Waals surface area contributed by atoms with Crippen LogP contribution in [0.4, 0.5) is 0 Å². The van der Waals surface area contributed by atoms with Gasteiger partial charge in [0.1, 0.15) is 11.5 Å². The van der Waals surface area contributed by atoms with Gasteiger partial charge in [0.2, 0.25) is 0 Å². The monoisotopic (exact) mass is 275 g/mol. The van der Waals surface area contributed by atoms with Crippen LogP contribution in [0.5, 0.6) is 11.5 Å². The summed E-state index contributed by atoms with van der Waals surface area (Å²) in [6.07, 6.45) is 8.06. The topological polar surface area (TPSA) is 43.7 Å². The molecule has 0 radical (unpaired) electrons. The number of benzene rings is 1. The number of nitrogens with zero attached hydrogens (tertiary/aromatic N) is 1. The summed E-state index contributed by atoms with van der Waals surface area (Å²) in [5.74, 6) is 1.17. The second-order valence-electron chi connectivity index (χ2n) is 6.45. The van der Waals surface area contributed by atoms with E-state index in [2.05, 4.69) is 11.8 Å². The SMILES string of the molecule is CC(c1cc(O)cc(O)c1)N1CCCC2CCCCC21. The van der Waals surface area contributed by atoms with E-state index in [1.54, 1.807) is 12.1 Å². The molecule has 20 heavy (non-hydrogen) atoms. The number of phenols is 2. The summed E-state index contributed by atoms with van der Waals surface area (Å²) in [5.41, 5.74) is 1.02. The number of hydrogen-bond acceptors (Lipinski definition) is 3. The number of piperidine rings is 1. The van der Waals surface area contributed by atoms with Crippen LogP contribution in [0.2, 0.25) is 0 Å². The Morgan fingerprint density at radius 2 is 1.65 bits per heavy atom. The lowest BCUT2D eigenvalue weighted by molar-refractivity contribution is 0.0307. The van der Waals surface area contributed by atoms with Gasteiger partial charge >= 0.3 is 0 Å². The molecule has 110 valence electrons. The summed E-state index contributed by atoms with van der Waals surface area (Å²) >= 11 is 0. The Balaban J connectivity index is 1.82. The van der Waals surface area contributed by atoms with Crippen LogP contribution in [0.1, 0.15) is 57.1 Å². The first-order chi connectivity index (χ1) is 9.65. The molecule has 3 rings (SSSR count). The van der Waals surface area contributed by atoms with Gasteiger partial charge in [0.05, 0.1) is 0 Å². The zero-order valence-corrected chi connectivity index (χ0v) is 12.3. The van der Waals surface area contributed by atoms with Crippen molar-refractivity contribution in [1.82, 2.24) is 4.90 Å². The van der Waals surface area contributed by atoms with Crippen molar-refractivity contribution in [3.05, 3.63) is 23.8 Å². The molecule has 0 spiro atoms. The fourth-order valence-corrected chi connectivity index (χ4v) is 4.19. The summed E-state index contributed by atoms with van der Waals surface area (Å²) < 4.78 is 0. The van der Waals surface area contributed by atoms with Crippen LogP contribution in [0.3, 0.4) is 0 Å². The molecule has 3 atom stereocenters. The molecule has 0 aromatic heterocycles. The molecule has 1 aliphatic carbocycles. The highest BCUT2D eigenvalue weighted by Crippen LogP contribution is 2.40. The number of hydrogen-bond donors (Lipinski definition) is 2. The summed E-state index contributed by atoms with van der Waals surface area (Å²) in [6, 6.07) is 5.93. The molecule has 1 aromatic rings. The van der Waals surface area contributed by atoms with Crippen LogP contribution in [-0.2, 0) is 0 Å². The first-order valence-electron chi connectivity index (χ1n) is 7.94. The number of phenolic OH excluding ortho intramolecular Hbond substituents is 2. The minimum absolute atomic E-state index is 0.157. The standard InChI is InChI=1S/C17H25NO2/c1-12(14-9-15(19)11-16(20)10-14)18-8-4-6-13-5-2-3-7-17(13)18/h9-13,17,19-20H,2-8H2,1H3. The molecule has 2 fully saturated rings. The molecular formula is C17H25NO2. The highest BCUT2D eigenvalue weighted by Gasteiger charge is 2.35. The Morgan fingerprint density at radius 3 is 2.40 bits per heavy atom. The predicted octanol–water partition coefficient (Wildman–Crippen LogP) is 3.81. The van der Waals surface area contributed by atoms with Crippen molar-refractivity contribution in [2.75, 3.05) is 6.54 Å². The van der Waals surface area contributed by atoms with Gasteiger partial charge in [-0.25, -0.2) is 0 Å². The lowest BCUT2D eigenvalue weighted by atomic mass is 9.77. The van der Waals surface area contributed by atoms with Crippen LogP contribution in [0, 0.1) is 5.92 Å². The number of likely N-dealkylation sites (tertiary alicyclic amines) is 1. The highest BCUT2D eigenvalue weighted by atomic mass is 16.3. The number of fused-ring (bicyclic) bond motifs is 1. The van der Waals surface area contributed by atoms with E-state index in [-0.39, 0.29) is 17.5 Å². The first kappa shape index (κ1) is 13.7. The number of rotatable bonds is 2. The molecule has 0 bridgehead atoms. The molecule has 0 amide bonds. The van der Waals surface area contributed by atoms with Gasteiger partial charge in [-0.05, 0) is 62.8 Å². The highest BCUT2D eigenvalue weighted by molar-refractivity contribution is 5.38. The fourth-order valence-electron chi connectivity index (χ4n) is 4.19. The van der Waals surface area contributed by atoms with Crippen LogP contribution < -0.4 is 0 Å². The Morgan fingerprint density at radius 1 is 1.00 bits per heavy atom. The molecule has 2 N–H and O–H groups in total. The lowest BCUT2D eigenvalue weighted by Crippen LogP contribution is -2.47. The minimum Gasteiger partial charge on any atom is -0.508 e. The molecule has 3 nitrogen and oxygen atoms in total. The van der Waals surface area contributed by atoms with Crippen LogP contribution >= 0.6 is 0 Å². The second-order valence-corrected chi connectivity index (χ2v) is 6.45. The molecule has 1 saturated carbocycles. The van der Waals surface area contributed by atoms with Crippen molar-refractivity contribution in [2.24, 2.45) is 5.92 Å². The van der Waals surface area contributed by atoms with E-state index < -0.39 is 0 Å². The first-order valence-corrected chi connectivity index (χ1v) is 7.94. The van der Waals surface area contributed by atoms with Crippen LogP contribution in [0.25, 0.3) is 0 Å². The Hall–Kier alpha value is -1.22. The largest absolute Gasteiger partial charge is 0.508 e. The van der Waals surface area contributed by atoms with Gasteiger partial charge in [0.15, 0.2) is 0 Å². The van der Waals surface area contributed by atoms with E-state index in [4.69, 9.17) is 0 Å². The lowest BCUT2D eigenvalue weighted by Gasteiger charge is -2.47. The van der Waals surface area contributed by atoms with Crippen molar-refractivity contribution in [3.8, 4) is 11.5 Å². The summed E-state index contributed by atoms with van der Waals surface area (Å²) in [5, 5.41) is 19.4. The van der Waals surface area contributed by atoms with Gasteiger partial charge in [-0.2, -0.15) is 0 Å². The van der Waals surface area contributed by atoms with Gasteiger partial charge in [0, 0.05) is 18.2 Å². The molecular weight excluding hydrogens is 250 g/mol. The third-order valence-electron chi connectivity index (χ3n) is 5.19. The van der Waals surface area contributed by atoms with Crippen LogP contribution in [0.15, 0.2) is 18.2 Å². The predicted molar refractivity (Wildman–Crippen MR) is 79.9 cm³/mol. The van der Waals surface area contributed by atoms with Crippen LogP contribution in [-0.4, -0.2) is 27.7 Å². The van der Waals surface area contributed by atoms with Crippen molar-refractivity contribution in [1.29, 1.82) is 0 Å². The maximum Gasteiger partial charge on any atom is 0.119 e. The minimum atomic E-state index is 0.157. The summed E-state index contributed by atoms with van der Waals surface area (Å²) in [4.78, 5) is 2.60. The van der Waals surface area contributed by atoms with Gasteiger partial charge in [-0.3, -0.25) is 4.90 Å². The Bertz CT molecular complexity index is 452. The molecule has 1 heterocycles. The Kier molecular flexibility index (Phi) is 3.88. The van der Waals surface area contributed by atoms with Gasteiger partial charge in [0.25, 0.3) is 0 Å². The van der Waals surface area contributed by atoms with Gasteiger partial charge in [-0.15, -0.1) is 0 Å². The van der Waals surface area contributed by atoms with E-state index in [0.29, 0.717) is 6.04 Å². The normalized spacial score (nSPS) is 28.9. The van der Waals surface area contributed by atoms with E-state index in [1.165, 1.54) is 44.6 Å². The quantitative estimate of drug-likeness (QED) is 0.862. The second kappa shape index (κ2) is 5.65.